The van der Waals surface area contributed by atoms with Gasteiger partial charge in [0.25, 0.3) is 5.91 Å². The summed E-state index contributed by atoms with van der Waals surface area (Å²) < 4.78 is 5.23. The molecular formula is C26H19N3O6. The van der Waals surface area contributed by atoms with E-state index < -0.39 is 22.5 Å². The Morgan fingerprint density at radius 3 is 2.46 bits per heavy atom. The van der Waals surface area contributed by atoms with Crippen molar-refractivity contribution in [3.8, 4) is 11.5 Å². The highest BCUT2D eigenvalue weighted by atomic mass is 16.6. The number of nitrogens with one attached hydrogen (secondary N) is 1. The van der Waals surface area contributed by atoms with Gasteiger partial charge in [0.1, 0.15) is 5.75 Å². The van der Waals surface area contributed by atoms with Gasteiger partial charge in [0.2, 0.25) is 5.75 Å². The average molecular weight is 469 g/mol. The number of aryl methyl sites for hydroxylation is 1. The van der Waals surface area contributed by atoms with Crippen LogP contribution in [-0.4, -0.2) is 28.1 Å². The smallest absolute Gasteiger partial charge is 0.343 e. The van der Waals surface area contributed by atoms with E-state index in [1.54, 1.807) is 24.3 Å². The summed E-state index contributed by atoms with van der Waals surface area (Å²) in [5.74, 6) is -1.79. The highest BCUT2D eigenvalue weighted by molar-refractivity contribution is 6.01. The van der Waals surface area contributed by atoms with Crippen LogP contribution in [0, 0.1) is 17.0 Å². The maximum atomic E-state index is 12.5. The molecule has 0 atom stereocenters. The molecule has 0 spiro atoms. The number of hydrogen-bond acceptors (Lipinski definition) is 7. The Morgan fingerprint density at radius 2 is 1.74 bits per heavy atom. The lowest BCUT2D eigenvalue weighted by Crippen LogP contribution is -2.17. The monoisotopic (exact) mass is 469 g/mol. The van der Waals surface area contributed by atoms with E-state index in [2.05, 4.69) is 10.5 Å². The predicted molar refractivity (Wildman–Crippen MR) is 130 cm³/mol. The molecule has 4 aromatic rings. The van der Waals surface area contributed by atoms with Gasteiger partial charge >= 0.3 is 11.7 Å². The van der Waals surface area contributed by atoms with Crippen LogP contribution in [0.1, 0.15) is 31.8 Å². The summed E-state index contributed by atoms with van der Waals surface area (Å²) in [5.41, 5.74) is 3.29. The number of amides is 1. The number of phenolic OH excluding ortho intramolecular Hbond substituents is 1. The zero-order chi connectivity index (χ0) is 24.9. The molecule has 4 aromatic carbocycles. The Labute approximate surface area is 199 Å². The predicted octanol–water partition coefficient (Wildman–Crippen LogP) is 4.75. The number of ether oxygens (including phenoxy) is 1. The molecule has 0 fully saturated rings. The van der Waals surface area contributed by atoms with Gasteiger partial charge in [0, 0.05) is 11.6 Å². The normalized spacial score (nSPS) is 10.9. The number of hydrogen-bond donors (Lipinski definition) is 2. The van der Waals surface area contributed by atoms with Gasteiger partial charge in [0.05, 0.1) is 22.3 Å². The molecule has 9 nitrogen and oxygen atoms in total. The summed E-state index contributed by atoms with van der Waals surface area (Å²) in [6.07, 6.45) is 1.20. The average Bonchev–Trinajstić information content (AvgIpc) is 2.84. The maximum absolute atomic E-state index is 12.5. The number of rotatable bonds is 6. The fourth-order valence-electron chi connectivity index (χ4n) is 3.41. The molecule has 35 heavy (non-hydrogen) atoms. The lowest BCUT2D eigenvalue weighted by atomic mass is 10.1. The molecule has 0 unspecified atom stereocenters. The van der Waals surface area contributed by atoms with Gasteiger partial charge in [-0.3, -0.25) is 14.9 Å². The third kappa shape index (κ3) is 5.31. The number of nitrogens with zero attached hydrogens (tertiary/aromatic N) is 2. The van der Waals surface area contributed by atoms with E-state index in [9.17, 15) is 24.8 Å². The van der Waals surface area contributed by atoms with Gasteiger partial charge in [0.15, 0.2) is 0 Å². The first-order valence-electron chi connectivity index (χ1n) is 10.4. The number of hydrazone groups is 1. The fraction of sp³-hybridized carbons (Fsp3) is 0.0385. The first kappa shape index (κ1) is 23.1. The van der Waals surface area contributed by atoms with Crippen LogP contribution < -0.4 is 10.2 Å². The molecule has 0 aliphatic carbocycles. The molecule has 4 rings (SSSR count). The standard InChI is InChI=1S/C26H19N3O6/c1-16-5-4-8-20(11-16)26(32)35-24-10-9-17(12-22(24)29(33)34)15-27-28-25(31)21-13-18-6-2-3-7-19(18)14-23(21)30/h2-15,30H,1H3,(H,28,31)/b27-15-. The first-order valence-corrected chi connectivity index (χ1v) is 10.4. The number of aromatic hydroxyl groups is 1. The molecule has 0 aliphatic rings. The van der Waals surface area contributed by atoms with Crippen LogP contribution in [0.5, 0.6) is 11.5 Å². The van der Waals surface area contributed by atoms with Crippen molar-refractivity contribution in [2.24, 2.45) is 5.10 Å². The van der Waals surface area contributed by atoms with Gasteiger partial charge in [-0.25, -0.2) is 10.2 Å². The number of nitro groups is 1. The number of fused-ring (bicyclic) bond motifs is 1. The number of carbonyl (C=O) groups excluding carboxylic acids is 2. The van der Waals surface area contributed by atoms with Crippen molar-refractivity contribution in [3.63, 3.8) is 0 Å². The van der Waals surface area contributed by atoms with Crippen LogP contribution in [0.25, 0.3) is 10.8 Å². The minimum atomic E-state index is -0.722. The minimum absolute atomic E-state index is 0.0326. The van der Waals surface area contributed by atoms with Gasteiger partial charge < -0.3 is 9.84 Å². The van der Waals surface area contributed by atoms with Crippen molar-refractivity contribution in [3.05, 3.63) is 111 Å². The second kappa shape index (κ2) is 9.84. The molecule has 0 aliphatic heterocycles. The molecule has 174 valence electrons. The molecule has 0 saturated heterocycles. The van der Waals surface area contributed by atoms with Crippen LogP contribution in [-0.2, 0) is 0 Å². The number of phenols is 1. The Balaban J connectivity index is 1.49. The molecule has 9 heteroatoms. The largest absolute Gasteiger partial charge is 0.507 e. The molecule has 0 saturated carbocycles. The summed E-state index contributed by atoms with van der Waals surface area (Å²) in [6.45, 7) is 1.81. The van der Waals surface area contributed by atoms with E-state index in [-0.39, 0.29) is 28.2 Å². The third-order valence-electron chi connectivity index (χ3n) is 5.12. The van der Waals surface area contributed by atoms with E-state index in [4.69, 9.17) is 4.74 Å². The zero-order valence-corrected chi connectivity index (χ0v) is 18.5. The Morgan fingerprint density at radius 1 is 1.00 bits per heavy atom. The van der Waals surface area contributed by atoms with Crippen LogP contribution in [0.2, 0.25) is 0 Å². The van der Waals surface area contributed by atoms with Gasteiger partial charge in [-0.1, -0.05) is 42.0 Å². The first-order chi connectivity index (χ1) is 16.8. The van der Waals surface area contributed by atoms with Crippen molar-refractivity contribution in [1.29, 1.82) is 0 Å². The highest BCUT2D eigenvalue weighted by Gasteiger charge is 2.20. The third-order valence-corrected chi connectivity index (χ3v) is 5.12. The van der Waals surface area contributed by atoms with Crippen molar-refractivity contribution >= 4 is 34.6 Å². The topological polar surface area (TPSA) is 131 Å². The summed E-state index contributed by atoms with van der Waals surface area (Å²) >= 11 is 0. The molecule has 2 N–H and O–H groups in total. The minimum Gasteiger partial charge on any atom is -0.507 e. The molecule has 0 radical (unpaired) electrons. The number of esters is 1. The lowest BCUT2D eigenvalue weighted by Gasteiger charge is -2.07. The summed E-state index contributed by atoms with van der Waals surface area (Å²) in [6, 6.07) is 20.8. The van der Waals surface area contributed by atoms with Crippen molar-refractivity contribution in [2.75, 3.05) is 0 Å². The Kier molecular flexibility index (Phi) is 6.50. The van der Waals surface area contributed by atoms with Crippen molar-refractivity contribution < 1.29 is 24.4 Å². The van der Waals surface area contributed by atoms with Crippen molar-refractivity contribution in [1.82, 2.24) is 5.43 Å². The lowest BCUT2D eigenvalue weighted by molar-refractivity contribution is -0.385. The second-order valence-electron chi connectivity index (χ2n) is 7.66. The summed E-state index contributed by atoms with van der Waals surface area (Å²) in [5, 5.41) is 27.1. The number of nitro benzene ring substituents is 1. The molecule has 1 amide bonds. The van der Waals surface area contributed by atoms with Crippen molar-refractivity contribution in [2.45, 2.75) is 6.92 Å². The molecule has 0 aromatic heterocycles. The SMILES string of the molecule is Cc1cccc(C(=O)Oc2ccc(/C=N\NC(=O)c3cc4ccccc4cc3O)cc2[N+](=O)[O-])c1. The Bertz CT molecular complexity index is 1500. The van der Waals surface area contributed by atoms with Crippen LogP contribution in [0.15, 0.2) is 84.0 Å². The maximum Gasteiger partial charge on any atom is 0.343 e. The quantitative estimate of drug-likeness (QED) is 0.138. The van der Waals surface area contributed by atoms with E-state index >= 15 is 0 Å². The summed E-state index contributed by atoms with van der Waals surface area (Å²) in [4.78, 5) is 35.7. The van der Waals surface area contributed by atoms with Crippen LogP contribution >= 0.6 is 0 Å². The van der Waals surface area contributed by atoms with Gasteiger partial charge in [-0.15, -0.1) is 0 Å². The summed E-state index contributed by atoms with van der Waals surface area (Å²) in [7, 11) is 0. The van der Waals surface area contributed by atoms with E-state index in [0.29, 0.717) is 0 Å². The second-order valence-corrected chi connectivity index (χ2v) is 7.66. The van der Waals surface area contributed by atoms with E-state index in [0.717, 1.165) is 16.3 Å². The highest BCUT2D eigenvalue weighted by Crippen LogP contribution is 2.29. The molecule has 0 bridgehead atoms. The van der Waals surface area contributed by atoms with Crippen LogP contribution in [0.3, 0.4) is 0 Å². The van der Waals surface area contributed by atoms with E-state index in [1.807, 2.05) is 31.2 Å². The van der Waals surface area contributed by atoms with E-state index in [1.165, 1.54) is 36.5 Å². The zero-order valence-electron chi connectivity index (χ0n) is 18.5. The number of benzene rings is 4. The van der Waals surface area contributed by atoms with Gasteiger partial charge in [-0.05, 0) is 54.1 Å². The molecular weight excluding hydrogens is 450 g/mol. The molecule has 0 heterocycles. The Hall–Kier alpha value is -5.05. The van der Waals surface area contributed by atoms with Gasteiger partial charge in [-0.2, -0.15) is 5.10 Å². The fourth-order valence-corrected chi connectivity index (χ4v) is 3.41. The number of carbonyl (C=O) groups is 2. The van der Waals surface area contributed by atoms with Crippen LogP contribution in [0.4, 0.5) is 5.69 Å².